The van der Waals surface area contributed by atoms with E-state index in [0.29, 0.717) is 39.7 Å². The molecule has 5 aromatic rings. The van der Waals surface area contributed by atoms with Crippen molar-refractivity contribution >= 4 is 57.9 Å². The molecule has 5 rings (SSSR count). The number of carbonyl (C=O) groups excluding carboxylic acids is 1. The van der Waals surface area contributed by atoms with E-state index in [1.807, 2.05) is 58.0 Å². The maximum atomic E-state index is 13.7. The van der Waals surface area contributed by atoms with Crippen LogP contribution in [-0.2, 0) is 26.2 Å². The molecule has 1 atom stereocenters. The topological polar surface area (TPSA) is 169 Å². The summed E-state index contributed by atoms with van der Waals surface area (Å²) in [4.78, 5) is 32.1. The molecular formula is C36H40N5O7PS. The molecule has 0 aliphatic heterocycles. The predicted molar refractivity (Wildman–Crippen MR) is 199 cm³/mol. The molecule has 4 N–H and O–H groups in total. The van der Waals surface area contributed by atoms with Crippen molar-refractivity contribution in [3.05, 3.63) is 95.2 Å². The fraction of sp³-hybridized carbons (Fsp3) is 0.250. The number of amides is 1. The lowest BCUT2D eigenvalue weighted by Crippen LogP contribution is -2.18. The molecule has 1 amide bonds. The van der Waals surface area contributed by atoms with E-state index in [1.54, 1.807) is 42.6 Å². The van der Waals surface area contributed by atoms with E-state index in [9.17, 15) is 22.7 Å². The number of ether oxygens (including phenoxy) is 2. The molecule has 4 aromatic carbocycles. The summed E-state index contributed by atoms with van der Waals surface area (Å²) in [7, 11) is -3.40. The minimum atomic E-state index is -3.63. The maximum absolute atomic E-state index is 13.7. The van der Waals surface area contributed by atoms with Gasteiger partial charge in [-0.15, -0.1) is 0 Å². The Labute approximate surface area is 292 Å². The van der Waals surface area contributed by atoms with Gasteiger partial charge in [0.15, 0.2) is 13.8 Å². The quantitative estimate of drug-likeness (QED) is 0.102. The van der Waals surface area contributed by atoms with E-state index in [1.165, 1.54) is 14.2 Å². The van der Waals surface area contributed by atoms with Gasteiger partial charge in [0.1, 0.15) is 5.75 Å². The van der Waals surface area contributed by atoms with Crippen LogP contribution in [0.3, 0.4) is 0 Å². The Balaban J connectivity index is 1.42. The number of fused-ring (bicyclic) bond motifs is 1. The summed E-state index contributed by atoms with van der Waals surface area (Å²) in [5.74, 6) is 0.664. The minimum absolute atomic E-state index is 0.0297. The van der Waals surface area contributed by atoms with Crippen molar-refractivity contribution in [2.75, 3.05) is 35.8 Å². The van der Waals surface area contributed by atoms with Crippen LogP contribution in [0.25, 0.3) is 22.0 Å². The Morgan fingerprint density at radius 1 is 0.960 bits per heavy atom. The first kappa shape index (κ1) is 36.3. The first-order valence-electron chi connectivity index (χ1n) is 15.6. The number of hydrogen-bond acceptors (Lipinski definition) is 9. The van der Waals surface area contributed by atoms with E-state index in [2.05, 4.69) is 25.3 Å². The molecule has 0 fully saturated rings. The van der Waals surface area contributed by atoms with E-state index < -0.39 is 24.0 Å². The molecule has 12 nitrogen and oxygen atoms in total. The normalized spacial score (nSPS) is 12.3. The SMILES string of the molecule is COc1cc(Nc2ncc3cc(-c4cc(C(=O)Nc5cc(C(C)(C)C)cc(NS(C)(=O)=O)c5OC)ccc4C)ccc3n2)ccc1C[PH](=O)O. The lowest BCUT2D eigenvalue weighted by molar-refractivity contribution is 0.102. The second-order valence-corrected chi connectivity index (χ2v) is 15.8. The highest BCUT2D eigenvalue weighted by Gasteiger charge is 2.23. The van der Waals surface area contributed by atoms with Gasteiger partial charge in [-0.25, -0.2) is 18.4 Å². The van der Waals surface area contributed by atoms with Crippen LogP contribution in [0.5, 0.6) is 11.5 Å². The molecule has 0 saturated carbocycles. The fourth-order valence-electron chi connectivity index (χ4n) is 5.44. The van der Waals surface area contributed by atoms with Gasteiger partial charge >= 0.3 is 0 Å². The summed E-state index contributed by atoms with van der Waals surface area (Å²) in [6.07, 6.45) is 2.80. The van der Waals surface area contributed by atoms with Crippen LogP contribution in [0.1, 0.15) is 47.8 Å². The molecule has 0 aliphatic rings. The summed E-state index contributed by atoms with van der Waals surface area (Å²) >= 11 is 0. The number of anilines is 4. The molecule has 0 saturated heterocycles. The number of nitrogens with zero attached hydrogens (tertiary/aromatic N) is 2. The highest BCUT2D eigenvalue weighted by Crippen LogP contribution is 2.40. The van der Waals surface area contributed by atoms with Gasteiger partial charge in [-0.1, -0.05) is 39.0 Å². The van der Waals surface area contributed by atoms with Crippen LogP contribution in [-0.4, -0.2) is 49.7 Å². The van der Waals surface area contributed by atoms with Gasteiger partial charge in [0, 0.05) is 34.5 Å². The molecule has 0 aliphatic carbocycles. The van der Waals surface area contributed by atoms with Gasteiger partial charge in [0.2, 0.25) is 16.0 Å². The molecule has 262 valence electrons. The van der Waals surface area contributed by atoms with Gasteiger partial charge in [0.05, 0.1) is 43.5 Å². The molecule has 0 bridgehead atoms. The van der Waals surface area contributed by atoms with Crippen LogP contribution in [0.2, 0.25) is 0 Å². The molecule has 14 heteroatoms. The van der Waals surface area contributed by atoms with Gasteiger partial charge in [-0.3, -0.25) is 14.1 Å². The van der Waals surface area contributed by atoms with Crippen molar-refractivity contribution in [1.82, 2.24) is 9.97 Å². The third-order valence-corrected chi connectivity index (χ3v) is 9.25. The van der Waals surface area contributed by atoms with Crippen molar-refractivity contribution < 1.29 is 32.1 Å². The Bertz CT molecular complexity index is 2240. The van der Waals surface area contributed by atoms with Gasteiger partial charge in [-0.2, -0.15) is 0 Å². The second kappa shape index (κ2) is 14.5. The summed E-state index contributed by atoms with van der Waals surface area (Å²) in [5.41, 5.74) is 6.08. The van der Waals surface area contributed by atoms with Gasteiger partial charge < -0.3 is 25.0 Å². The lowest BCUT2D eigenvalue weighted by Gasteiger charge is -2.24. The van der Waals surface area contributed by atoms with Gasteiger partial charge in [-0.05, 0) is 77.1 Å². The van der Waals surface area contributed by atoms with Crippen LogP contribution >= 0.6 is 8.03 Å². The Morgan fingerprint density at radius 2 is 1.70 bits per heavy atom. The Hall–Kier alpha value is -4.97. The Morgan fingerprint density at radius 3 is 2.36 bits per heavy atom. The molecular weight excluding hydrogens is 677 g/mol. The smallest absolute Gasteiger partial charge is 0.255 e. The first-order chi connectivity index (χ1) is 23.5. The Kier molecular flexibility index (Phi) is 10.5. The molecule has 0 spiro atoms. The number of aromatic nitrogens is 2. The second-order valence-electron chi connectivity index (χ2n) is 12.9. The van der Waals surface area contributed by atoms with Crippen molar-refractivity contribution in [2.24, 2.45) is 0 Å². The number of rotatable bonds is 11. The largest absolute Gasteiger partial charge is 0.496 e. The maximum Gasteiger partial charge on any atom is 0.255 e. The predicted octanol–water partition coefficient (Wildman–Crippen LogP) is 7.25. The molecule has 1 aromatic heterocycles. The van der Waals surface area contributed by atoms with E-state index in [4.69, 9.17) is 9.47 Å². The summed E-state index contributed by atoms with van der Waals surface area (Å²) in [5, 5.41) is 6.88. The van der Waals surface area contributed by atoms with E-state index >= 15 is 0 Å². The summed E-state index contributed by atoms with van der Waals surface area (Å²) in [6.45, 7) is 7.94. The molecule has 1 heterocycles. The third-order valence-electron chi connectivity index (χ3n) is 7.98. The minimum Gasteiger partial charge on any atom is -0.496 e. The van der Waals surface area contributed by atoms with Crippen LogP contribution in [0, 0.1) is 6.92 Å². The summed E-state index contributed by atoms with van der Waals surface area (Å²) < 4.78 is 49.1. The van der Waals surface area contributed by atoms with Crippen molar-refractivity contribution in [1.29, 1.82) is 0 Å². The van der Waals surface area contributed by atoms with Crippen LogP contribution in [0.15, 0.2) is 72.9 Å². The zero-order valence-electron chi connectivity index (χ0n) is 28.8. The number of sulfonamides is 1. The number of hydrogen-bond donors (Lipinski definition) is 4. The zero-order chi connectivity index (χ0) is 36.4. The zero-order valence-corrected chi connectivity index (χ0v) is 30.7. The molecule has 50 heavy (non-hydrogen) atoms. The molecule has 0 radical (unpaired) electrons. The standard InChI is InChI=1S/C36H40N5O7PS/c1-21-8-9-23(34(42)39-30-16-26(36(2,3)4)17-31(33(30)48-6)41-50(7,45)46)15-28(21)22-11-13-29-25(14-22)19-37-35(40-29)38-27-12-10-24(20-49(43)44)32(18-27)47-5/h8-19,41,49H,20H2,1-7H3,(H,39,42)(H,43,44)(H,37,38,40). The number of methoxy groups -OCH3 is 2. The van der Waals surface area contributed by atoms with Crippen molar-refractivity contribution in [2.45, 2.75) is 39.3 Å². The van der Waals surface area contributed by atoms with Crippen LogP contribution < -0.4 is 24.8 Å². The number of aryl methyl sites for hydroxylation is 1. The summed E-state index contributed by atoms with van der Waals surface area (Å²) in [6, 6.07) is 19.9. The third kappa shape index (κ3) is 8.60. The first-order valence-corrected chi connectivity index (χ1v) is 19.0. The fourth-order valence-corrected chi connectivity index (χ4v) is 6.61. The highest BCUT2D eigenvalue weighted by atomic mass is 32.2. The van der Waals surface area contributed by atoms with E-state index in [-0.39, 0.29) is 23.0 Å². The number of nitrogens with one attached hydrogen (secondary N) is 3. The number of benzene rings is 4. The highest BCUT2D eigenvalue weighted by molar-refractivity contribution is 7.92. The van der Waals surface area contributed by atoms with E-state index in [0.717, 1.165) is 33.9 Å². The van der Waals surface area contributed by atoms with Crippen molar-refractivity contribution in [3.63, 3.8) is 0 Å². The molecule has 1 unspecified atom stereocenters. The van der Waals surface area contributed by atoms with Gasteiger partial charge in [0.25, 0.3) is 5.91 Å². The van der Waals surface area contributed by atoms with Crippen molar-refractivity contribution in [3.8, 4) is 22.6 Å². The monoisotopic (exact) mass is 717 g/mol. The average Bonchev–Trinajstić information content (AvgIpc) is 3.04. The average molecular weight is 718 g/mol. The number of carbonyl (C=O) groups is 1. The lowest BCUT2D eigenvalue weighted by atomic mass is 9.86. The van der Waals surface area contributed by atoms with Crippen LogP contribution in [0.4, 0.5) is 23.0 Å².